The van der Waals surface area contributed by atoms with Crippen LogP contribution in [0.3, 0.4) is 0 Å². The van der Waals surface area contributed by atoms with Gasteiger partial charge in [-0.25, -0.2) is 9.98 Å². The number of guanidine groups is 1. The average Bonchev–Trinajstić information content (AvgIpc) is 3.04. The van der Waals surface area contributed by atoms with Gasteiger partial charge in [0.2, 0.25) is 5.75 Å². The van der Waals surface area contributed by atoms with Gasteiger partial charge in [0.05, 0.1) is 38.0 Å². The van der Waals surface area contributed by atoms with Gasteiger partial charge in [0.15, 0.2) is 17.5 Å². The van der Waals surface area contributed by atoms with E-state index in [2.05, 4.69) is 20.7 Å². The Bertz CT molecular complexity index is 742. The zero-order valence-electron chi connectivity index (χ0n) is 16.3. The van der Waals surface area contributed by atoms with Crippen LogP contribution in [0.4, 0.5) is 0 Å². The maximum atomic E-state index is 10.0. The van der Waals surface area contributed by atoms with Crippen molar-refractivity contribution < 1.29 is 14.6 Å². The van der Waals surface area contributed by atoms with Crippen LogP contribution in [0.1, 0.15) is 23.2 Å². The lowest BCUT2D eigenvalue weighted by atomic mass is 10.2. The van der Waals surface area contributed by atoms with Crippen LogP contribution in [0.15, 0.2) is 22.5 Å². The number of aromatic nitrogens is 1. The molecule has 27 heavy (non-hydrogen) atoms. The summed E-state index contributed by atoms with van der Waals surface area (Å²) in [5.41, 5.74) is 1.90. The molecule has 0 spiro atoms. The normalized spacial score (nSPS) is 10.9. The standard InChI is InChI=1S/C18H26N4O3S.HI/c1-6-19-18(22(3)10-14-11-26-12(2)21-14)20-9-13-7-15(24-4)17(23)16(8-13)25-5;/h7-8,11,23H,6,9-10H2,1-5H3,(H,19,20);1H. The Labute approximate surface area is 181 Å². The Balaban J connectivity index is 0.00000364. The van der Waals surface area contributed by atoms with E-state index in [1.165, 1.54) is 14.2 Å². The van der Waals surface area contributed by atoms with Gasteiger partial charge in [0.1, 0.15) is 0 Å². The quantitative estimate of drug-likeness (QED) is 0.341. The molecule has 0 aliphatic carbocycles. The average molecular weight is 506 g/mol. The first kappa shape index (κ1) is 23.3. The first-order valence-corrected chi connectivity index (χ1v) is 9.20. The molecule has 1 aromatic carbocycles. The summed E-state index contributed by atoms with van der Waals surface area (Å²) in [5, 5.41) is 16.4. The summed E-state index contributed by atoms with van der Waals surface area (Å²) in [6.45, 7) is 5.90. The number of aliphatic imine (C=N–C) groups is 1. The highest BCUT2D eigenvalue weighted by Crippen LogP contribution is 2.37. The fourth-order valence-electron chi connectivity index (χ4n) is 2.47. The monoisotopic (exact) mass is 506 g/mol. The number of nitrogens with zero attached hydrogens (tertiary/aromatic N) is 3. The van der Waals surface area contributed by atoms with Crippen LogP contribution >= 0.6 is 35.3 Å². The zero-order valence-corrected chi connectivity index (χ0v) is 19.4. The van der Waals surface area contributed by atoms with Crippen molar-refractivity contribution in [2.45, 2.75) is 26.9 Å². The number of methoxy groups -OCH3 is 2. The molecule has 0 saturated carbocycles. The van der Waals surface area contributed by atoms with Gasteiger partial charge in [-0.1, -0.05) is 0 Å². The number of halogens is 1. The van der Waals surface area contributed by atoms with Crippen molar-refractivity contribution in [1.29, 1.82) is 0 Å². The SMILES string of the molecule is CCNC(=NCc1cc(OC)c(O)c(OC)c1)N(C)Cc1csc(C)n1.I. The van der Waals surface area contributed by atoms with Crippen LogP contribution in [-0.4, -0.2) is 48.8 Å². The Morgan fingerprint density at radius 1 is 1.30 bits per heavy atom. The van der Waals surface area contributed by atoms with Crippen LogP contribution < -0.4 is 14.8 Å². The molecule has 2 aromatic rings. The molecule has 0 atom stereocenters. The number of hydrogen-bond acceptors (Lipinski definition) is 6. The van der Waals surface area contributed by atoms with Crippen LogP contribution in [0.5, 0.6) is 17.2 Å². The van der Waals surface area contributed by atoms with Crippen molar-refractivity contribution in [3.05, 3.63) is 33.8 Å². The molecular formula is C18H27IN4O3S. The number of aryl methyl sites for hydroxylation is 1. The lowest BCUT2D eigenvalue weighted by Gasteiger charge is -2.21. The van der Waals surface area contributed by atoms with Gasteiger partial charge in [-0.15, -0.1) is 35.3 Å². The minimum atomic E-state index is -0.00865. The summed E-state index contributed by atoms with van der Waals surface area (Å²) < 4.78 is 10.4. The number of hydrogen-bond donors (Lipinski definition) is 2. The van der Waals surface area contributed by atoms with E-state index in [9.17, 15) is 5.11 Å². The summed E-state index contributed by atoms with van der Waals surface area (Å²) in [5.74, 6) is 1.51. The molecule has 9 heteroatoms. The third-order valence-electron chi connectivity index (χ3n) is 3.71. The second-order valence-corrected chi connectivity index (χ2v) is 6.80. The first-order chi connectivity index (χ1) is 12.5. The smallest absolute Gasteiger partial charge is 0.200 e. The number of thiazole rings is 1. The van der Waals surface area contributed by atoms with E-state index in [0.717, 1.165) is 28.8 Å². The second-order valence-electron chi connectivity index (χ2n) is 5.73. The molecule has 0 fully saturated rings. The predicted octanol–water partition coefficient (Wildman–Crippen LogP) is 3.39. The molecule has 0 aliphatic heterocycles. The fraction of sp³-hybridized carbons (Fsp3) is 0.444. The third kappa shape index (κ3) is 6.42. The highest BCUT2D eigenvalue weighted by molar-refractivity contribution is 14.0. The molecule has 0 amide bonds. The maximum Gasteiger partial charge on any atom is 0.200 e. The van der Waals surface area contributed by atoms with Crippen LogP contribution in [-0.2, 0) is 13.1 Å². The van der Waals surface area contributed by atoms with Crippen LogP contribution in [0.2, 0.25) is 0 Å². The Morgan fingerprint density at radius 3 is 2.41 bits per heavy atom. The molecule has 0 saturated heterocycles. The number of benzene rings is 1. The van der Waals surface area contributed by atoms with Crippen molar-refractivity contribution in [2.75, 3.05) is 27.8 Å². The molecule has 2 N–H and O–H groups in total. The van der Waals surface area contributed by atoms with Gasteiger partial charge in [0.25, 0.3) is 0 Å². The van der Waals surface area contributed by atoms with Gasteiger partial charge in [0, 0.05) is 19.0 Å². The van der Waals surface area contributed by atoms with Crippen LogP contribution in [0, 0.1) is 6.92 Å². The molecule has 150 valence electrons. The van der Waals surface area contributed by atoms with E-state index in [0.29, 0.717) is 24.6 Å². The lowest BCUT2D eigenvalue weighted by molar-refractivity contribution is 0.339. The molecule has 0 radical (unpaired) electrons. The molecule has 2 rings (SSSR count). The van der Waals surface area contributed by atoms with Crippen molar-refractivity contribution in [3.63, 3.8) is 0 Å². The number of aromatic hydroxyl groups is 1. The number of nitrogens with one attached hydrogen (secondary N) is 1. The number of phenols is 1. The number of phenolic OH excluding ortho intramolecular Hbond substituents is 1. The van der Waals surface area contributed by atoms with E-state index in [1.807, 2.05) is 25.8 Å². The number of ether oxygens (including phenoxy) is 2. The minimum absolute atomic E-state index is 0. The lowest BCUT2D eigenvalue weighted by Crippen LogP contribution is -2.38. The highest BCUT2D eigenvalue weighted by atomic mass is 127. The summed E-state index contributed by atoms with van der Waals surface area (Å²) in [6.07, 6.45) is 0. The molecule has 0 bridgehead atoms. The first-order valence-electron chi connectivity index (χ1n) is 8.32. The molecule has 0 aliphatic rings. The predicted molar refractivity (Wildman–Crippen MR) is 120 cm³/mol. The van der Waals surface area contributed by atoms with Crippen molar-refractivity contribution in [1.82, 2.24) is 15.2 Å². The maximum absolute atomic E-state index is 10.0. The Morgan fingerprint density at radius 2 is 1.93 bits per heavy atom. The van der Waals surface area contributed by atoms with Gasteiger partial charge in [-0.3, -0.25) is 0 Å². The van der Waals surface area contributed by atoms with E-state index in [4.69, 9.17) is 9.47 Å². The summed E-state index contributed by atoms with van der Waals surface area (Å²) >= 11 is 1.64. The van der Waals surface area contributed by atoms with Gasteiger partial charge in [-0.05, 0) is 31.5 Å². The molecule has 0 unspecified atom stereocenters. The third-order valence-corrected chi connectivity index (χ3v) is 4.54. The van der Waals surface area contributed by atoms with Gasteiger partial charge in [-0.2, -0.15) is 0 Å². The largest absolute Gasteiger partial charge is 0.502 e. The molecule has 1 aromatic heterocycles. The summed E-state index contributed by atoms with van der Waals surface area (Å²) in [7, 11) is 5.00. The van der Waals surface area contributed by atoms with Crippen LogP contribution in [0.25, 0.3) is 0 Å². The fourth-order valence-corrected chi connectivity index (χ4v) is 3.08. The zero-order chi connectivity index (χ0) is 19.1. The molecular weight excluding hydrogens is 479 g/mol. The summed E-state index contributed by atoms with van der Waals surface area (Å²) in [6, 6.07) is 3.52. The van der Waals surface area contributed by atoms with E-state index < -0.39 is 0 Å². The second kappa shape index (κ2) is 11.2. The van der Waals surface area contributed by atoms with E-state index in [1.54, 1.807) is 23.5 Å². The topological polar surface area (TPSA) is 79.2 Å². The van der Waals surface area contributed by atoms with Crippen molar-refractivity contribution >= 4 is 41.3 Å². The summed E-state index contributed by atoms with van der Waals surface area (Å²) in [4.78, 5) is 11.2. The van der Waals surface area contributed by atoms with Gasteiger partial charge < -0.3 is 24.8 Å². The van der Waals surface area contributed by atoms with E-state index >= 15 is 0 Å². The minimum Gasteiger partial charge on any atom is -0.502 e. The molecule has 7 nitrogen and oxygen atoms in total. The van der Waals surface area contributed by atoms with E-state index in [-0.39, 0.29) is 29.7 Å². The Kier molecular flexibility index (Phi) is 9.64. The molecule has 1 heterocycles. The Hall–Kier alpha value is -1.75. The van der Waals surface area contributed by atoms with Crippen molar-refractivity contribution in [3.8, 4) is 17.2 Å². The number of rotatable bonds is 7. The van der Waals surface area contributed by atoms with Crippen molar-refractivity contribution in [2.24, 2.45) is 4.99 Å². The van der Waals surface area contributed by atoms with Gasteiger partial charge >= 0.3 is 0 Å². The highest BCUT2D eigenvalue weighted by Gasteiger charge is 2.12.